The first-order valence-corrected chi connectivity index (χ1v) is 6.59. The van der Waals surface area contributed by atoms with Crippen molar-refractivity contribution in [3.8, 4) is 11.9 Å². The minimum atomic E-state index is -0.291. The van der Waals surface area contributed by atoms with Gasteiger partial charge in [-0.3, -0.25) is 10.1 Å². The number of thioether (sulfide) groups is 1. The lowest BCUT2D eigenvalue weighted by molar-refractivity contribution is -0.115. The van der Waals surface area contributed by atoms with Gasteiger partial charge < -0.3 is 4.74 Å². The minimum Gasteiger partial charge on any atom is -0.496 e. The molecular weight excluding hydrogens is 274 g/mol. The molecular formula is C14H11N3O2S. The second kappa shape index (κ2) is 6.62. The number of nitrogens with one attached hydrogen (secondary N) is 1. The Morgan fingerprint density at radius 3 is 3.05 bits per heavy atom. The van der Waals surface area contributed by atoms with Gasteiger partial charge >= 0.3 is 0 Å². The summed E-state index contributed by atoms with van der Waals surface area (Å²) >= 11 is 1.10. The van der Waals surface area contributed by atoms with Crippen LogP contribution in [0.5, 0.6) is 5.75 Å². The van der Waals surface area contributed by atoms with Crippen molar-refractivity contribution >= 4 is 22.8 Å². The van der Waals surface area contributed by atoms with Gasteiger partial charge in [-0.15, -0.1) is 10.7 Å². The standard InChI is InChI=1S/C14H11N3O2S/c1-19-11-7-3-2-5-10(11)6-4-8-12-13(18)17-14(20-12)16-9-15/h2-5,7H,6H2,1H3,(H,16,17,18). The molecule has 0 aromatic heterocycles. The van der Waals surface area contributed by atoms with Crippen molar-refractivity contribution in [3.05, 3.63) is 46.5 Å². The molecule has 1 aliphatic rings. The van der Waals surface area contributed by atoms with E-state index in [0.29, 0.717) is 11.3 Å². The number of amides is 1. The molecule has 1 aromatic carbocycles. The maximum atomic E-state index is 11.6. The first kappa shape index (κ1) is 13.9. The third-order valence-electron chi connectivity index (χ3n) is 2.52. The Kier molecular flexibility index (Phi) is 4.61. The van der Waals surface area contributed by atoms with Crippen LogP contribution < -0.4 is 10.1 Å². The van der Waals surface area contributed by atoms with Crippen molar-refractivity contribution in [2.75, 3.05) is 7.11 Å². The van der Waals surface area contributed by atoms with Gasteiger partial charge in [-0.05, 0) is 29.5 Å². The number of nitrogens with zero attached hydrogens (tertiary/aromatic N) is 2. The number of hydrogen-bond donors (Lipinski definition) is 1. The highest BCUT2D eigenvalue weighted by molar-refractivity contribution is 8.18. The smallest absolute Gasteiger partial charge is 0.272 e. The summed E-state index contributed by atoms with van der Waals surface area (Å²) in [7, 11) is 1.62. The Labute approximate surface area is 120 Å². The molecule has 1 aromatic rings. The first-order valence-electron chi connectivity index (χ1n) is 5.77. The van der Waals surface area contributed by atoms with E-state index >= 15 is 0 Å². The molecule has 1 amide bonds. The first-order chi connectivity index (χ1) is 9.74. The summed E-state index contributed by atoms with van der Waals surface area (Å²) < 4.78 is 5.24. The topological polar surface area (TPSA) is 74.5 Å². The van der Waals surface area contributed by atoms with Crippen molar-refractivity contribution in [1.82, 2.24) is 5.32 Å². The molecule has 0 bridgehead atoms. The summed E-state index contributed by atoms with van der Waals surface area (Å²) in [6.07, 6.45) is 3.99. The molecule has 1 N–H and O–H groups in total. The Bertz CT molecular complexity index is 667. The number of carbonyl (C=O) groups is 1. The molecule has 1 heterocycles. The maximum absolute atomic E-state index is 11.6. The highest BCUT2D eigenvalue weighted by Crippen LogP contribution is 2.22. The van der Waals surface area contributed by atoms with Crippen molar-refractivity contribution < 1.29 is 9.53 Å². The molecule has 2 rings (SSSR count). The van der Waals surface area contributed by atoms with Gasteiger partial charge in [0.1, 0.15) is 10.7 Å². The highest BCUT2D eigenvalue weighted by atomic mass is 32.2. The average molecular weight is 285 g/mol. The summed E-state index contributed by atoms with van der Waals surface area (Å²) in [5.41, 5.74) is 3.93. The Morgan fingerprint density at radius 1 is 1.50 bits per heavy atom. The second-order valence-electron chi connectivity index (χ2n) is 3.77. The van der Waals surface area contributed by atoms with Gasteiger partial charge in [0, 0.05) is 6.42 Å². The third kappa shape index (κ3) is 3.29. The number of aliphatic imine (C=N–C) groups is 1. The SMILES string of the molecule is COc1ccccc1CC=C=C1S/C(=N/C#N)NC1=O. The summed E-state index contributed by atoms with van der Waals surface area (Å²) in [5, 5.41) is 11.2. The summed E-state index contributed by atoms with van der Waals surface area (Å²) in [4.78, 5) is 15.4. The van der Waals surface area contributed by atoms with Crippen LogP contribution in [-0.4, -0.2) is 18.2 Å². The van der Waals surface area contributed by atoms with E-state index in [0.717, 1.165) is 23.1 Å². The van der Waals surface area contributed by atoms with Gasteiger partial charge in [0.15, 0.2) is 5.17 Å². The number of para-hydroxylation sites is 1. The van der Waals surface area contributed by atoms with Gasteiger partial charge in [-0.1, -0.05) is 18.2 Å². The van der Waals surface area contributed by atoms with Crippen LogP contribution in [0.2, 0.25) is 0 Å². The number of methoxy groups -OCH3 is 1. The van der Waals surface area contributed by atoms with Gasteiger partial charge in [0.2, 0.25) is 6.19 Å². The van der Waals surface area contributed by atoms with Gasteiger partial charge in [-0.2, -0.15) is 5.26 Å². The molecule has 0 aliphatic carbocycles. The van der Waals surface area contributed by atoms with Crippen LogP contribution in [0.25, 0.3) is 0 Å². The number of benzene rings is 1. The number of nitriles is 1. The number of hydrogen-bond acceptors (Lipinski definition) is 5. The predicted octanol–water partition coefficient (Wildman–Crippen LogP) is 1.98. The second-order valence-corrected chi connectivity index (χ2v) is 4.77. The minimum absolute atomic E-state index is 0.283. The van der Waals surface area contributed by atoms with Crippen molar-refractivity contribution in [3.63, 3.8) is 0 Å². The fraction of sp³-hybridized carbons (Fsp3) is 0.143. The monoisotopic (exact) mass is 285 g/mol. The Hall–Kier alpha value is -2.48. The molecule has 0 spiro atoms. The third-order valence-corrected chi connectivity index (χ3v) is 3.42. The Morgan fingerprint density at radius 2 is 2.30 bits per heavy atom. The summed E-state index contributed by atoms with van der Waals surface area (Å²) in [6, 6.07) is 7.65. The zero-order chi connectivity index (χ0) is 14.4. The van der Waals surface area contributed by atoms with Crippen molar-refractivity contribution in [2.45, 2.75) is 6.42 Å². The quantitative estimate of drug-likeness (QED) is 0.523. The number of amidine groups is 1. The molecule has 0 atom stereocenters. The van der Waals surface area contributed by atoms with E-state index in [2.05, 4.69) is 16.0 Å². The largest absolute Gasteiger partial charge is 0.496 e. The van der Waals surface area contributed by atoms with E-state index in [4.69, 9.17) is 10.00 Å². The lowest BCUT2D eigenvalue weighted by Gasteiger charge is -2.04. The van der Waals surface area contributed by atoms with Crippen molar-refractivity contribution in [1.29, 1.82) is 5.26 Å². The fourth-order valence-electron chi connectivity index (χ4n) is 1.64. The van der Waals surface area contributed by atoms with E-state index in [-0.39, 0.29) is 11.1 Å². The van der Waals surface area contributed by atoms with Crippen LogP contribution in [-0.2, 0) is 11.2 Å². The lowest BCUT2D eigenvalue weighted by atomic mass is 10.1. The van der Waals surface area contributed by atoms with Crippen LogP contribution in [0.1, 0.15) is 5.56 Å². The summed E-state index contributed by atoms with van der Waals surface area (Å²) in [5.74, 6) is 0.506. The molecule has 1 aliphatic heterocycles. The molecule has 0 unspecified atom stereocenters. The van der Waals surface area contributed by atoms with Crippen LogP contribution >= 0.6 is 11.8 Å². The van der Waals surface area contributed by atoms with E-state index in [1.165, 1.54) is 0 Å². The van der Waals surface area contributed by atoms with Crippen LogP contribution in [0.15, 0.2) is 46.0 Å². The van der Waals surface area contributed by atoms with Gasteiger partial charge in [0.25, 0.3) is 5.91 Å². The molecule has 1 saturated heterocycles. The van der Waals surface area contributed by atoms with Crippen LogP contribution in [0, 0.1) is 11.5 Å². The van der Waals surface area contributed by atoms with Crippen LogP contribution in [0.3, 0.4) is 0 Å². The summed E-state index contributed by atoms with van der Waals surface area (Å²) in [6.45, 7) is 0. The Balaban J connectivity index is 2.14. The highest BCUT2D eigenvalue weighted by Gasteiger charge is 2.23. The molecule has 20 heavy (non-hydrogen) atoms. The predicted molar refractivity (Wildman–Crippen MR) is 77.1 cm³/mol. The molecule has 0 saturated carbocycles. The van der Waals surface area contributed by atoms with Crippen molar-refractivity contribution in [2.24, 2.45) is 4.99 Å². The number of ether oxygens (including phenoxy) is 1. The maximum Gasteiger partial charge on any atom is 0.272 e. The molecule has 1 fully saturated rings. The van der Waals surface area contributed by atoms with E-state index in [9.17, 15) is 4.79 Å². The molecule has 6 heteroatoms. The van der Waals surface area contributed by atoms with E-state index < -0.39 is 0 Å². The normalized spacial score (nSPS) is 15.5. The zero-order valence-electron chi connectivity index (χ0n) is 10.7. The average Bonchev–Trinajstić information content (AvgIpc) is 2.80. The van der Waals surface area contributed by atoms with Crippen LogP contribution in [0.4, 0.5) is 0 Å². The number of rotatable bonds is 3. The lowest BCUT2D eigenvalue weighted by Crippen LogP contribution is -2.19. The number of carbonyl (C=O) groups excluding carboxylic acids is 1. The molecule has 100 valence electrons. The van der Waals surface area contributed by atoms with E-state index in [1.807, 2.05) is 24.3 Å². The zero-order valence-corrected chi connectivity index (χ0v) is 11.5. The molecule has 0 radical (unpaired) electrons. The van der Waals surface area contributed by atoms with Gasteiger partial charge in [-0.25, -0.2) is 0 Å². The van der Waals surface area contributed by atoms with E-state index in [1.54, 1.807) is 19.4 Å². The molecule has 5 nitrogen and oxygen atoms in total. The fourth-order valence-corrected chi connectivity index (χ4v) is 2.35. The van der Waals surface area contributed by atoms with Gasteiger partial charge in [0.05, 0.1) is 7.11 Å².